The van der Waals surface area contributed by atoms with Gasteiger partial charge in [-0.1, -0.05) is 60.7 Å². The van der Waals surface area contributed by atoms with Crippen molar-refractivity contribution in [2.75, 3.05) is 18.1 Å². The summed E-state index contributed by atoms with van der Waals surface area (Å²) in [5.41, 5.74) is 1.21. The summed E-state index contributed by atoms with van der Waals surface area (Å²) in [5, 5.41) is -1.20. The third kappa shape index (κ3) is 4.47. The number of carbonyl (C=O) groups is 3. The van der Waals surface area contributed by atoms with Gasteiger partial charge in [-0.05, 0) is 11.1 Å². The first-order valence-electron chi connectivity index (χ1n) is 10.6. The molecule has 0 unspecified atom stereocenters. The Balaban J connectivity index is 1.75. The third-order valence-corrected chi connectivity index (χ3v) is 8.16. The van der Waals surface area contributed by atoms with Gasteiger partial charge in [0.2, 0.25) is 5.91 Å². The van der Waals surface area contributed by atoms with Gasteiger partial charge in [0.1, 0.15) is 12.3 Å². The molecule has 0 aliphatic carbocycles. The first kappa shape index (κ1) is 24.0. The Labute approximate surface area is 202 Å². The normalized spacial score (nSPS) is 21.0. The minimum atomic E-state index is -3.82. The summed E-state index contributed by atoms with van der Waals surface area (Å²) in [6.45, 7) is 0.730. The lowest BCUT2D eigenvalue weighted by molar-refractivity contribution is -0.156. The van der Waals surface area contributed by atoms with Gasteiger partial charge in [0.15, 0.2) is 21.3 Å². The van der Waals surface area contributed by atoms with Gasteiger partial charge in [0.05, 0.1) is 11.7 Å². The molecule has 34 heavy (non-hydrogen) atoms. The van der Waals surface area contributed by atoms with E-state index in [-0.39, 0.29) is 17.0 Å². The van der Waals surface area contributed by atoms with Crippen LogP contribution >= 0.6 is 12.6 Å². The molecule has 178 valence electrons. The molecule has 2 heterocycles. The molecule has 0 bridgehead atoms. The van der Waals surface area contributed by atoms with Crippen LogP contribution in [-0.4, -0.2) is 54.6 Å². The lowest BCUT2D eigenvalue weighted by atomic mass is 9.97. The highest BCUT2D eigenvalue weighted by Gasteiger charge is 2.59. The standard InChI is InChI=1S/C24H23NO7S2/c1-15(26)31-12-18-14-34(29,30)23-19(13-33)22(27)25(23)20(18)24(28)32-21(16-8-4-2-5-9-16)17-10-6-3-7-11-17/h2-11,19,21,23,33H,12-14H2,1H3/t19-,23+/m0/s1. The predicted molar refractivity (Wildman–Crippen MR) is 126 cm³/mol. The maximum Gasteiger partial charge on any atom is 0.356 e. The van der Waals surface area contributed by atoms with Gasteiger partial charge in [0, 0.05) is 18.2 Å². The van der Waals surface area contributed by atoms with Crippen molar-refractivity contribution in [3.05, 3.63) is 83.1 Å². The van der Waals surface area contributed by atoms with E-state index in [4.69, 9.17) is 9.47 Å². The van der Waals surface area contributed by atoms with Crippen molar-refractivity contribution >= 4 is 40.3 Å². The fourth-order valence-corrected chi connectivity index (χ4v) is 6.81. The number of hydrogen-bond donors (Lipinski definition) is 1. The fourth-order valence-electron chi connectivity index (χ4n) is 4.20. The van der Waals surface area contributed by atoms with E-state index >= 15 is 0 Å². The van der Waals surface area contributed by atoms with Gasteiger partial charge < -0.3 is 9.47 Å². The summed E-state index contributed by atoms with van der Waals surface area (Å²) >= 11 is 4.11. The number of carbonyl (C=O) groups excluding carboxylic acids is 3. The monoisotopic (exact) mass is 501 g/mol. The molecule has 0 saturated carbocycles. The summed E-state index contributed by atoms with van der Waals surface area (Å²) in [6.07, 6.45) is -0.800. The zero-order chi connectivity index (χ0) is 24.5. The Morgan fingerprint density at radius 1 is 1.06 bits per heavy atom. The molecule has 2 aromatic carbocycles. The summed E-state index contributed by atoms with van der Waals surface area (Å²) in [4.78, 5) is 38.7. The molecule has 1 fully saturated rings. The number of benzene rings is 2. The molecule has 0 spiro atoms. The lowest BCUT2D eigenvalue weighted by Crippen LogP contribution is -2.67. The first-order valence-corrected chi connectivity index (χ1v) is 12.9. The van der Waals surface area contributed by atoms with E-state index in [0.29, 0.717) is 11.1 Å². The third-order valence-electron chi connectivity index (χ3n) is 5.74. The average molecular weight is 502 g/mol. The summed E-state index contributed by atoms with van der Waals surface area (Å²) in [5.74, 6) is -3.40. The summed E-state index contributed by atoms with van der Waals surface area (Å²) < 4.78 is 36.7. The van der Waals surface area contributed by atoms with Gasteiger partial charge in [-0.15, -0.1) is 0 Å². The Hall–Kier alpha value is -3.11. The number of ether oxygens (including phenoxy) is 2. The van der Waals surface area contributed by atoms with Crippen LogP contribution < -0.4 is 0 Å². The van der Waals surface area contributed by atoms with E-state index in [1.807, 2.05) is 36.4 Å². The van der Waals surface area contributed by atoms with Crippen LogP contribution in [0.15, 0.2) is 71.9 Å². The van der Waals surface area contributed by atoms with Crippen LogP contribution in [0.1, 0.15) is 24.2 Å². The number of thiol groups is 1. The number of β-lactam (4-membered cyclic amide) rings is 1. The van der Waals surface area contributed by atoms with Crippen molar-refractivity contribution in [2.24, 2.45) is 5.92 Å². The largest absolute Gasteiger partial charge is 0.461 e. The number of sulfone groups is 1. The molecule has 0 N–H and O–H groups in total. The average Bonchev–Trinajstić information content (AvgIpc) is 2.82. The van der Waals surface area contributed by atoms with Crippen molar-refractivity contribution in [3.8, 4) is 0 Å². The van der Waals surface area contributed by atoms with Crippen molar-refractivity contribution in [1.29, 1.82) is 0 Å². The SMILES string of the molecule is CC(=O)OCC1=C(C(=O)OC(c2ccccc2)c2ccccc2)N2C(=O)[C@H](CS)[C@H]2S(=O)(=O)C1. The molecule has 1 saturated heterocycles. The van der Waals surface area contributed by atoms with Crippen molar-refractivity contribution in [3.63, 3.8) is 0 Å². The molecule has 2 aliphatic rings. The quantitative estimate of drug-likeness (QED) is 0.352. The molecule has 10 heteroatoms. The van der Waals surface area contributed by atoms with Gasteiger partial charge in [-0.25, -0.2) is 13.2 Å². The number of esters is 2. The van der Waals surface area contributed by atoms with Gasteiger partial charge in [0.25, 0.3) is 0 Å². The van der Waals surface area contributed by atoms with E-state index < -0.39 is 57.4 Å². The maximum atomic E-state index is 13.5. The van der Waals surface area contributed by atoms with Crippen LogP contribution in [0.3, 0.4) is 0 Å². The highest BCUT2D eigenvalue weighted by Crippen LogP contribution is 2.42. The predicted octanol–water partition coefficient (Wildman–Crippen LogP) is 2.28. The van der Waals surface area contributed by atoms with Crippen molar-refractivity contribution in [1.82, 2.24) is 4.90 Å². The molecule has 0 aromatic heterocycles. The number of fused-ring (bicyclic) bond motifs is 1. The lowest BCUT2D eigenvalue weighted by Gasteiger charge is -2.49. The molecule has 2 atom stereocenters. The second-order valence-electron chi connectivity index (χ2n) is 8.03. The van der Waals surface area contributed by atoms with Crippen LogP contribution in [0.5, 0.6) is 0 Å². The van der Waals surface area contributed by atoms with Gasteiger partial charge >= 0.3 is 11.9 Å². The molecular formula is C24H23NO7S2. The van der Waals surface area contributed by atoms with Crippen LogP contribution in [0, 0.1) is 5.92 Å². The number of amides is 1. The number of nitrogens with zero attached hydrogens (tertiary/aromatic N) is 1. The zero-order valence-corrected chi connectivity index (χ0v) is 20.0. The first-order chi connectivity index (χ1) is 16.2. The van der Waals surface area contributed by atoms with E-state index in [1.54, 1.807) is 24.3 Å². The van der Waals surface area contributed by atoms with Crippen molar-refractivity contribution < 1.29 is 32.3 Å². The molecule has 2 aromatic rings. The van der Waals surface area contributed by atoms with Crippen LogP contribution in [0.2, 0.25) is 0 Å². The van der Waals surface area contributed by atoms with E-state index in [2.05, 4.69) is 12.6 Å². The second-order valence-corrected chi connectivity index (χ2v) is 10.5. The van der Waals surface area contributed by atoms with Crippen LogP contribution in [-0.2, 0) is 33.7 Å². The van der Waals surface area contributed by atoms with Crippen LogP contribution in [0.25, 0.3) is 0 Å². The maximum absolute atomic E-state index is 13.5. The van der Waals surface area contributed by atoms with Crippen LogP contribution in [0.4, 0.5) is 0 Å². The summed E-state index contributed by atoms with van der Waals surface area (Å²) in [6, 6.07) is 18.1. The summed E-state index contributed by atoms with van der Waals surface area (Å²) in [7, 11) is -3.82. The molecule has 2 aliphatic heterocycles. The molecule has 0 radical (unpaired) electrons. The highest BCUT2D eigenvalue weighted by atomic mass is 32.2. The Morgan fingerprint density at radius 2 is 1.62 bits per heavy atom. The minimum absolute atomic E-state index is 0.00212. The van der Waals surface area contributed by atoms with E-state index in [9.17, 15) is 22.8 Å². The topological polar surface area (TPSA) is 107 Å². The van der Waals surface area contributed by atoms with E-state index in [0.717, 1.165) is 4.90 Å². The molecule has 4 rings (SSSR count). The Bertz CT molecular complexity index is 1200. The Kier molecular flexibility index (Phi) is 6.81. The number of hydrogen-bond acceptors (Lipinski definition) is 8. The highest BCUT2D eigenvalue weighted by molar-refractivity contribution is 7.92. The minimum Gasteiger partial charge on any atom is -0.461 e. The number of rotatable bonds is 7. The molecule has 8 nitrogen and oxygen atoms in total. The molecular weight excluding hydrogens is 478 g/mol. The van der Waals surface area contributed by atoms with Gasteiger partial charge in [-0.3, -0.25) is 14.5 Å². The fraction of sp³-hybridized carbons (Fsp3) is 0.292. The van der Waals surface area contributed by atoms with Gasteiger partial charge in [-0.2, -0.15) is 12.6 Å². The second kappa shape index (κ2) is 9.63. The molecule has 1 amide bonds. The smallest absolute Gasteiger partial charge is 0.356 e. The van der Waals surface area contributed by atoms with Crippen molar-refractivity contribution in [2.45, 2.75) is 18.4 Å². The van der Waals surface area contributed by atoms with E-state index in [1.165, 1.54) is 6.92 Å². The Morgan fingerprint density at radius 3 is 2.12 bits per heavy atom. The zero-order valence-electron chi connectivity index (χ0n) is 18.3.